The van der Waals surface area contributed by atoms with Crippen LogP contribution in [0, 0.1) is 5.82 Å². The summed E-state index contributed by atoms with van der Waals surface area (Å²) in [5.41, 5.74) is -2.57. The van der Waals surface area contributed by atoms with Gasteiger partial charge in [-0.05, 0) is 17.7 Å². The Bertz CT molecular complexity index is 505. The molecule has 0 aliphatic carbocycles. The van der Waals surface area contributed by atoms with E-state index in [1.54, 1.807) is 0 Å². The van der Waals surface area contributed by atoms with E-state index in [0.29, 0.717) is 12.1 Å². The SMILES string of the molecule is Fc1ccc([C@@H](OC[C@@H]2CO2)C(F)(F)F)cc1C(F)(F)F. The zero-order chi connectivity index (χ0) is 15.8. The number of alkyl halides is 6. The highest BCUT2D eigenvalue weighted by Gasteiger charge is 2.44. The molecule has 2 atom stereocenters. The number of hydrogen-bond acceptors (Lipinski definition) is 2. The van der Waals surface area contributed by atoms with Gasteiger partial charge in [-0.1, -0.05) is 6.07 Å². The molecule has 0 spiro atoms. The van der Waals surface area contributed by atoms with Crippen LogP contribution >= 0.6 is 0 Å². The Morgan fingerprint density at radius 3 is 2.29 bits per heavy atom. The average Bonchev–Trinajstić information content (AvgIpc) is 3.12. The third-order valence-electron chi connectivity index (χ3n) is 2.75. The fraction of sp³-hybridized carbons (Fsp3) is 0.500. The lowest BCUT2D eigenvalue weighted by Crippen LogP contribution is -2.25. The molecule has 1 aromatic rings. The summed E-state index contributed by atoms with van der Waals surface area (Å²) in [5.74, 6) is -1.64. The van der Waals surface area contributed by atoms with Crippen molar-refractivity contribution in [2.24, 2.45) is 0 Å². The van der Waals surface area contributed by atoms with Crippen molar-refractivity contribution in [1.82, 2.24) is 0 Å². The number of epoxide rings is 1. The third kappa shape index (κ3) is 4.07. The first kappa shape index (κ1) is 16.0. The number of hydrogen-bond donors (Lipinski definition) is 0. The zero-order valence-corrected chi connectivity index (χ0v) is 10.3. The van der Waals surface area contributed by atoms with E-state index < -0.39 is 48.1 Å². The van der Waals surface area contributed by atoms with Gasteiger partial charge >= 0.3 is 12.4 Å². The molecule has 0 bridgehead atoms. The molecule has 2 nitrogen and oxygen atoms in total. The predicted octanol–water partition coefficient (Wildman–Crippen LogP) is 3.86. The minimum absolute atomic E-state index is 0.112. The standard InChI is InChI=1S/C12H9F7O2/c13-9-2-1-6(3-8(9)11(14,15)16)10(12(17,18)19)21-5-7-4-20-7/h1-3,7,10H,4-5H2/t7-,10+/m0/s1. The fourth-order valence-electron chi connectivity index (χ4n) is 1.67. The third-order valence-corrected chi connectivity index (χ3v) is 2.75. The molecule has 0 N–H and O–H groups in total. The van der Waals surface area contributed by atoms with Crippen LogP contribution in [-0.2, 0) is 15.7 Å². The van der Waals surface area contributed by atoms with Gasteiger partial charge in [0.25, 0.3) is 0 Å². The van der Waals surface area contributed by atoms with Gasteiger partial charge in [0, 0.05) is 0 Å². The molecule has 0 aromatic heterocycles. The molecular formula is C12H9F7O2. The highest BCUT2D eigenvalue weighted by molar-refractivity contribution is 5.29. The molecule has 0 radical (unpaired) electrons. The molecule has 1 saturated heterocycles. The van der Waals surface area contributed by atoms with E-state index in [0.717, 1.165) is 0 Å². The fourth-order valence-corrected chi connectivity index (χ4v) is 1.67. The van der Waals surface area contributed by atoms with Gasteiger partial charge in [0.1, 0.15) is 11.9 Å². The van der Waals surface area contributed by atoms with Crippen LogP contribution in [0.25, 0.3) is 0 Å². The number of halogens is 7. The van der Waals surface area contributed by atoms with Crippen LogP contribution in [0.1, 0.15) is 17.2 Å². The molecular weight excluding hydrogens is 309 g/mol. The molecule has 0 unspecified atom stereocenters. The Morgan fingerprint density at radius 2 is 1.81 bits per heavy atom. The minimum Gasteiger partial charge on any atom is -0.371 e. The van der Waals surface area contributed by atoms with Gasteiger partial charge in [0.2, 0.25) is 0 Å². The molecule has 1 aliphatic heterocycles. The highest BCUT2D eigenvalue weighted by atomic mass is 19.4. The summed E-state index contributed by atoms with van der Waals surface area (Å²) < 4.78 is 98.5. The smallest absolute Gasteiger partial charge is 0.371 e. The quantitative estimate of drug-likeness (QED) is 0.621. The van der Waals surface area contributed by atoms with Gasteiger partial charge < -0.3 is 9.47 Å². The minimum atomic E-state index is -5.09. The molecule has 1 aromatic carbocycles. The van der Waals surface area contributed by atoms with Gasteiger partial charge in [-0.25, -0.2) is 4.39 Å². The van der Waals surface area contributed by atoms with Gasteiger partial charge in [0.05, 0.1) is 18.8 Å². The van der Waals surface area contributed by atoms with E-state index in [9.17, 15) is 30.7 Å². The van der Waals surface area contributed by atoms with Crippen LogP contribution in [0.5, 0.6) is 0 Å². The largest absolute Gasteiger partial charge is 0.419 e. The summed E-state index contributed by atoms with van der Waals surface area (Å²) in [5, 5.41) is 0. The molecule has 2 rings (SSSR count). The van der Waals surface area contributed by atoms with Crippen molar-refractivity contribution >= 4 is 0 Å². The van der Waals surface area contributed by atoms with E-state index in [1.807, 2.05) is 0 Å². The maximum Gasteiger partial charge on any atom is 0.419 e. The molecule has 1 heterocycles. The molecule has 118 valence electrons. The highest BCUT2D eigenvalue weighted by Crippen LogP contribution is 2.39. The second kappa shape index (κ2) is 5.45. The van der Waals surface area contributed by atoms with Crippen molar-refractivity contribution in [3.05, 3.63) is 35.1 Å². The van der Waals surface area contributed by atoms with Crippen molar-refractivity contribution in [3.63, 3.8) is 0 Å². The van der Waals surface area contributed by atoms with Crippen molar-refractivity contribution in [2.45, 2.75) is 24.6 Å². The van der Waals surface area contributed by atoms with Crippen molar-refractivity contribution in [3.8, 4) is 0 Å². The lowest BCUT2D eigenvalue weighted by atomic mass is 10.0. The summed E-state index contributed by atoms with van der Waals surface area (Å²) in [4.78, 5) is 0. The Labute approximate surface area is 114 Å². The number of rotatable bonds is 4. The first-order valence-corrected chi connectivity index (χ1v) is 5.75. The molecule has 1 fully saturated rings. The van der Waals surface area contributed by atoms with E-state index >= 15 is 0 Å². The van der Waals surface area contributed by atoms with E-state index in [4.69, 9.17) is 0 Å². The van der Waals surface area contributed by atoms with Crippen LogP contribution < -0.4 is 0 Å². The van der Waals surface area contributed by atoms with Gasteiger partial charge in [0.15, 0.2) is 6.10 Å². The second-order valence-corrected chi connectivity index (χ2v) is 4.45. The maximum atomic E-state index is 13.1. The molecule has 9 heteroatoms. The zero-order valence-electron chi connectivity index (χ0n) is 10.3. The Morgan fingerprint density at radius 1 is 1.19 bits per heavy atom. The summed E-state index contributed by atoms with van der Waals surface area (Å²) in [6, 6.07) is 1.08. The summed E-state index contributed by atoms with van der Waals surface area (Å²) in [6.07, 6.45) is -13.1. The molecule has 0 saturated carbocycles. The van der Waals surface area contributed by atoms with Crippen molar-refractivity contribution in [1.29, 1.82) is 0 Å². The average molecular weight is 318 g/mol. The first-order chi connectivity index (χ1) is 9.59. The van der Waals surface area contributed by atoms with E-state index in [2.05, 4.69) is 9.47 Å². The lowest BCUT2D eigenvalue weighted by molar-refractivity contribution is -0.225. The predicted molar refractivity (Wildman–Crippen MR) is 55.9 cm³/mol. The first-order valence-electron chi connectivity index (χ1n) is 5.75. The molecule has 0 amide bonds. The number of ether oxygens (including phenoxy) is 2. The number of benzene rings is 1. The van der Waals surface area contributed by atoms with E-state index in [1.165, 1.54) is 0 Å². The normalized spacial score (nSPS) is 20.4. The monoisotopic (exact) mass is 318 g/mol. The van der Waals surface area contributed by atoms with Crippen molar-refractivity contribution in [2.75, 3.05) is 13.2 Å². The van der Waals surface area contributed by atoms with Gasteiger partial charge in [-0.3, -0.25) is 0 Å². The second-order valence-electron chi connectivity index (χ2n) is 4.45. The van der Waals surface area contributed by atoms with Crippen LogP contribution in [0.2, 0.25) is 0 Å². The Balaban J connectivity index is 2.30. The van der Waals surface area contributed by atoms with Crippen LogP contribution in [0.15, 0.2) is 18.2 Å². The summed E-state index contributed by atoms with van der Waals surface area (Å²) in [7, 11) is 0. The van der Waals surface area contributed by atoms with Crippen molar-refractivity contribution < 1.29 is 40.2 Å². The van der Waals surface area contributed by atoms with Gasteiger partial charge in [-0.15, -0.1) is 0 Å². The summed E-state index contributed by atoms with van der Waals surface area (Å²) in [6.45, 7) is -0.162. The molecule has 21 heavy (non-hydrogen) atoms. The Hall–Kier alpha value is -1.35. The summed E-state index contributed by atoms with van der Waals surface area (Å²) >= 11 is 0. The van der Waals surface area contributed by atoms with Crippen LogP contribution in [0.3, 0.4) is 0 Å². The van der Waals surface area contributed by atoms with Gasteiger partial charge in [-0.2, -0.15) is 26.3 Å². The van der Waals surface area contributed by atoms with Crippen LogP contribution in [-0.4, -0.2) is 25.5 Å². The topological polar surface area (TPSA) is 21.8 Å². The van der Waals surface area contributed by atoms with Crippen LogP contribution in [0.4, 0.5) is 30.7 Å². The lowest BCUT2D eigenvalue weighted by Gasteiger charge is -2.22. The maximum absolute atomic E-state index is 13.1. The van der Waals surface area contributed by atoms with E-state index in [-0.39, 0.29) is 12.7 Å². The molecule has 1 aliphatic rings. The Kier molecular flexibility index (Phi) is 4.16.